The topological polar surface area (TPSA) is 139 Å². The molecule has 1 spiro atoms. The number of ether oxygens (including phenoxy) is 1. The molecule has 1 aromatic carbocycles. The Morgan fingerprint density at radius 2 is 1.92 bits per heavy atom. The molecule has 3 fully saturated rings. The summed E-state index contributed by atoms with van der Waals surface area (Å²) in [6.07, 6.45) is 8.08. The van der Waals surface area contributed by atoms with Crippen LogP contribution in [-0.2, 0) is 24.8 Å². The standard InChI is InChI=1S/C37H30FN7O4S/c1-48-33-23-7-9-24(22(23)11-13-40-33)42-32-30-20(10-12-39-32)14-26(50-30)28-27(34-43-44-36(47)49-34)25(8-4-18-2-5-21(38)6-3-18)41-31-29(28)35(46)45-17-19-15-37(31,45)16-19/h2-3,5-6,10-14,19,24H,4,7-9,15-17H2,1H3,(H,39,42)(H,44,47)/t19?,24-,37?/m1/s1. The van der Waals surface area contributed by atoms with Crippen LogP contribution in [-0.4, -0.2) is 49.6 Å². The highest BCUT2D eigenvalue weighted by Crippen LogP contribution is 2.63. The Morgan fingerprint density at radius 1 is 1.08 bits per heavy atom. The quantitative estimate of drug-likeness (QED) is 0.191. The molecule has 2 N–H and O–H groups in total. The minimum atomic E-state index is -0.695. The Morgan fingerprint density at radius 3 is 2.72 bits per heavy atom. The van der Waals surface area contributed by atoms with Gasteiger partial charge >= 0.3 is 5.76 Å². The molecule has 6 aromatic rings. The number of nitrogens with one attached hydrogen (secondary N) is 2. The van der Waals surface area contributed by atoms with Crippen LogP contribution in [0.2, 0.25) is 0 Å². The van der Waals surface area contributed by atoms with Crippen LogP contribution in [0.3, 0.4) is 0 Å². The summed E-state index contributed by atoms with van der Waals surface area (Å²) in [5, 5.41) is 11.3. The monoisotopic (exact) mass is 687 g/mol. The summed E-state index contributed by atoms with van der Waals surface area (Å²) in [5.41, 5.74) is 5.98. The average Bonchev–Trinajstić information content (AvgIpc) is 3.96. The Kier molecular flexibility index (Phi) is 6.36. The van der Waals surface area contributed by atoms with Crippen LogP contribution in [0, 0.1) is 11.7 Å². The fourth-order valence-corrected chi connectivity index (χ4v) is 9.85. The van der Waals surface area contributed by atoms with E-state index in [0.717, 1.165) is 68.8 Å². The molecule has 1 amide bonds. The molecule has 2 aliphatic carbocycles. The number of hydrogen-bond donors (Lipinski definition) is 2. The maximum Gasteiger partial charge on any atom is 0.434 e. The first-order valence-electron chi connectivity index (χ1n) is 16.8. The molecule has 2 saturated heterocycles. The van der Waals surface area contributed by atoms with E-state index in [2.05, 4.69) is 26.6 Å². The van der Waals surface area contributed by atoms with Crippen molar-refractivity contribution in [2.75, 3.05) is 19.0 Å². The van der Waals surface area contributed by atoms with Crippen molar-refractivity contribution in [1.82, 2.24) is 30.0 Å². The van der Waals surface area contributed by atoms with Crippen molar-refractivity contribution in [3.63, 3.8) is 0 Å². The minimum Gasteiger partial charge on any atom is -0.481 e. The number of methoxy groups -OCH3 is 1. The normalized spacial score (nSPS) is 21.3. The highest BCUT2D eigenvalue weighted by Gasteiger charge is 2.65. The Balaban J connectivity index is 1.15. The van der Waals surface area contributed by atoms with Crippen LogP contribution in [0.4, 0.5) is 10.2 Å². The van der Waals surface area contributed by atoms with Crippen molar-refractivity contribution < 1.29 is 18.3 Å². The number of aryl methyl sites for hydroxylation is 2. The summed E-state index contributed by atoms with van der Waals surface area (Å²) in [6.45, 7) is 0.708. The van der Waals surface area contributed by atoms with E-state index in [9.17, 15) is 14.0 Å². The van der Waals surface area contributed by atoms with Gasteiger partial charge in [0.25, 0.3) is 11.8 Å². The summed E-state index contributed by atoms with van der Waals surface area (Å²) >= 11 is 1.54. The summed E-state index contributed by atoms with van der Waals surface area (Å²) in [5.74, 6) is 0.908. The third-order valence-electron chi connectivity index (χ3n) is 10.9. The molecule has 50 heavy (non-hydrogen) atoms. The zero-order chi connectivity index (χ0) is 33.7. The zero-order valence-electron chi connectivity index (χ0n) is 27.0. The predicted octanol–water partition coefficient (Wildman–Crippen LogP) is 6.20. The van der Waals surface area contributed by atoms with E-state index < -0.39 is 11.3 Å². The number of aromatic nitrogens is 5. The Bertz CT molecular complexity index is 2430. The molecule has 1 saturated carbocycles. The number of carbonyl (C=O) groups excluding carboxylic acids is 1. The van der Waals surface area contributed by atoms with Gasteiger partial charge in [0.1, 0.15) is 11.6 Å². The lowest BCUT2D eigenvalue weighted by atomic mass is 9.71. The number of hydrogen-bond acceptors (Lipinski definition) is 10. The molecule has 11 rings (SSSR count). The molecule has 250 valence electrons. The molecule has 11 nitrogen and oxygen atoms in total. The zero-order valence-corrected chi connectivity index (χ0v) is 27.8. The highest BCUT2D eigenvalue weighted by atomic mass is 32.1. The predicted molar refractivity (Wildman–Crippen MR) is 184 cm³/mol. The number of thiophene rings is 1. The number of anilines is 1. The maximum absolute atomic E-state index is 14.4. The van der Waals surface area contributed by atoms with Crippen LogP contribution in [0.5, 0.6) is 5.88 Å². The molecule has 5 aliphatic rings. The number of nitrogens with zero attached hydrogens (tertiary/aromatic N) is 5. The van der Waals surface area contributed by atoms with Gasteiger partial charge in [-0.3, -0.25) is 9.78 Å². The molecule has 8 heterocycles. The van der Waals surface area contributed by atoms with Gasteiger partial charge in [-0.05, 0) is 91.3 Å². The van der Waals surface area contributed by atoms with Crippen LogP contribution in [0.15, 0.2) is 64.1 Å². The first kappa shape index (κ1) is 29.5. The van der Waals surface area contributed by atoms with Crippen molar-refractivity contribution in [2.24, 2.45) is 5.92 Å². The highest BCUT2D eigenvalue weighted by molar-refractivity contribution is 7.23. The number of fused-ring (bicyclic) bond motifs is 3. The van der Waals surface area contributed by atoms with E-state index in [4.69, 9.17) is 19.1 Å². The number of benzene rings is 1. The summed E-state index contributed by atoms with van der Waals surface area (Å²) in [4.78, 5) is 44.0. The molecule has 2 bridgehead atoms. The van der Waals surface area contributed by atoms with Crippen LogP contribution in [0.1, 0.15) is 63.7 Å². The fraction of sp³-hybridized carbons (Fsp3) is 0.297. The van der Waals surface area contributed by atoms with E-state index in [1.165, 1.54) is 23.5 Å². The molecule has 0 unspecified atom stereocenters. The van der Waals surface area contributed by atoms with Crippen LogP contribution >= 0.6 is 11.3 Å². The van der Waals surface area contributed by atoms with Crippen molar-refractivity contribution in [1.29, 1.82) is 0 Å². The van der Waals surface area contributed by atoms with Gasteiger partial charge in [-0.25, -0.2) is 24.3 Å². The average molecular weight is 688 g/mol. The number of carbonyl (C=O) groups is 1. The van der Waals surface area contributed by atoms with Gasteiger partial charge in [0.2, 0.25) is 5.88 Å². The number of pyridine rings is 3. The van der Waals surface area contributed by atoms with Crippen molar-refractivity contribution in [2.45, 2.75) is 50.1 Å². The van der Waals surface area contributed by atoms with Gasteiger partial charge < -0.3 is 19.4 Å². The summed E-state index contributed by atoms with van der Waals surface area (Å²) in [7, 11) is 1.64. The first-order valence-corrected chi connectivity index (χ1v) is 17.6. The first-order chi connectivity index (χ1) is 24.4. The number of rotatable bonds is 8. The third-order valence-corrected chi connectivity index (χ3v) is 12.1. The molecule has 1 atom stereocenters. The van der Waals surface area contributed by atoms with Gasteiger partial charge in [-0.1, -0.05) is 12.1 Å². The lowest BCUT2D eigenvalue weighted by Gasteiger charge is -2.37. The van der Waals surface area contributed by atoms with Crippen LogP contribution < -0.4 is 15.8 Å². The van der Waals surface area contributed by atoms with Crippen LogP contribution in [0.25, 0.3) is 32.0 Å². The van der Waals surface area contributed by atoms with E-state index in [1.54, 1.807) is 31.6 Å². The molecule has 13 heteroatoms. The second-order valence-corrected chi connectivity index (χ2v) is 14.7. The SMILES string of the molecule is COc1nccc2c1CC[C@H]2Nc1nccc2cc(-c3c4c(nc(CCc5ccc(F)cc5)c3-c3n[nH]c(=O)o3)C35CC(CN3C4=O)C5)sc12. The van der Waals surface area contributed by atoms with E-state index >= 15 is 0 Å². The van der Waals surface area contributed by atoms with E-state index in [-0.39, 0.29) is 23.7 Å². The number of amides is 1. The van der Waals surface area contributed by atoms with Crippen molar-refractivity contribution in [3.05, 3.63) is 105 Å². The number of H-pyrrole nitrogens is 1. The molecule has 3 aliphatic heterocycles. The molecular weight excluding hydrogens is 658 g/mol. The molecule has 0 radical (unpaired) electrons. The smallest absolute Gasteiger partial charge is 0.434 e. The number of aromatic amines is 1. The number of halogens is 1. The minimum absolute atomic E-state index is 0.0297. The third kappa shape index (κ3) is 4.25. The molecule has 5 aromatic heterocycles. The van der Waals surface area contributed by atoms with E-state index in [1.807, 2.05) is 17.0 Å². The fourth-order valence-electron chi connectivity index (χ4n) is 8.69. The Hall–Kier alpha value is -5.43. The maximum atomic E-state index is 14.4. The molecular formula is C37H30FN7O4S. The lowest BCUT2D eigenvalue weighted by molar-refractivity contribution is 0.0637. The van der Waals surface area contributed by atoms with Crippen molar-refractivity contribution >= 4 is 33.1 Å². The van der Waals surface area contributed by atoms with Gasteiger partial charge in [0, 0.05) is 34.9 Å². The second kappa shape index (κ2) is 10.8. The summed E-state index contributed by atoms with van der Waals surface area (Å²) < 4.78 is 25.8. The second-order valence-electron chi connectivity index (χ2n) is 13.6. The van der Waals surface area contributed by atoms with E-state index in [0.29, 0.717) is 53.6 Å². The Labute approximate surface area is 288 Å². The van der Waals surface area contributed by atoms with Gasteiger partial charge in [0.15, 0.2) is 0 Å². The largest absolute Gasteiger partial charge is 0.481 e. The van der Waals surface area contributed by atoms with Gasteiger partial charge in [-0.2, -0.15) is 0 Å². The summed E-state index contributed by atoms with van der Waals surface area (Å²) in [6, 6.07) is 12.5. The van der Waals surface area contributed by atoms with Gasteiger partial charge in [-0.15, -0.1) is 16.4 Å². The van der Waals surface area contributed by atoms with Gasteiger partial charge in [0.05, 0.1) is 45.9 Å². The lowest BCUT2D eigenvalue weighted by Crippen LogP contribution is -2.40. The van der Waals surface area contributed by atoms with Crippen molar-refractivity contribution in [3.8, 4) is 27.8 Å².